The second-order valence-electron chi connectivity index (χ2n) is 4.89. The molecule has 1 aromatic rings. The van der Waals surface area contributed by atoms with Gasteiger partial charge in [0.05, 0.1) is 6.61 Å². The summed E-state index contributed by atoms with van der Waals surface area (Å²) in [5, 5.41) is 0. The Hall–Kier alpha value is -1.11. The van der Waals surface area contributed by atoms with Gasteiger partial charge in [-0.25, -0.2) is 0 Å². The normalized spacial score (nSPS) is 37.0. The minimum absolute atomic E-state index is 0.161. The van der Waals surface area contributed by atoms with Crippen molar-refractivity contribution in [2.45, 2.75) is 30.7 Å². The number of rotatable bonds is 3. The first-order chi connectivity index (χ1) is 9.83. The Morgan fingerprint density at radius 2 is 1.95 bits per heavy atom. The lowest BCUT2D eigenvalue weighted by Crippen LogP contribution is -2.57. The average molecular weight is 279 g/mol. The van der Waals surface area contributed by atoms with Gasteiger partial charge >= 0.3 is 0 Å². The molecule has 0 aliphatic carbocycles. The van der Waals surface area contributed by atoms with Crippen molar-refractivity contribution in [2.75, 3.05) is 20.8 Å². The Morgan fingerprint density at radius 3 is 2.65 bits per heavy atom. The number of hydrogen-bond acceptors (Lipinski definition) is 5. The molecule has 5 nitrogen and oxygen atoms in total. The highest BCUT2D eigenvalue weighted by Gasteiger charge is 2.51. The Bertz CT molecular complexity index is 424. The molecule has 1 aromatic carbocycles. The van der Waals surface area contributed by atoms with E-state index in [9.17, 15) is 0 Å². The molecule has 2 saturated heterocycles. The third-order valence-corrected chi connectivity index (χ3v) is 3.71. The molecule has 0 spiro atoms. The first kappa shape index (κ1) is 13.9. The molecule has 2 heterocycles. The van der Waals surface area contributed by atoms with Gasteiger partial charge in [-0.2, -0.15) is 4.74 Å². The van der Waals surface area contributed by atoms with E-state index in [4.69, 9.17) is 23.7 Å². The molecule has 5 atom stereocenters. The first-order valence-corrected chi connectivity index (χ1v) is 6.70. The predicted molar refractivity (Wildman–Crippen MR) is 70.8 cm³/mol. The summed E-state index contributed by atoms with van der Waals surface area (Å²) in [6.07, 6.45) is -1.21. The maximum atomic E-state index is 6.04. The van der Waals surface area contributed by atoms with Crippen LogP contribution in [0.3, 0.4) is 0 Å². The summed E-state index contributed by atoms with van der Waals surface area (Å²) in [7, 11) is 3.29. The molecule has 1 unspecified atom stereocenters. The van der Waals surface area contributed by atoms with Crippen LogP contribution in [0.2, 0.25) is 0 Å². The standard InChI is InChI=1S/C15H19O5/c1-16-11-8-18-12-9-19-15(10-6-4-3-5-7-10)20-14(12)13(11)17-2/h3-8,11-15H,9H2,1-2H3/q+1/t11-,12-,13-,14-,15?/m1/s1. The van der Waals surface area contributed by atoms with Crippen molar-refractivity contribution < 1.29 is 23.7 Å². The molecule has 0 radical (unpaired) electrons. The molecule has 0 amide bonds. The molecular weight excluding hydrogens is 260 g/mol. The van der Waals surface area contributed by atoms with Crippen LogP contribution in [-0.2, 0) is 23.7 Å². The maximum absolute atomic E-state index is 6.04. The highest BCUT2D eigenvalue weighted by atomic mass is 16.7. The Labute approximate surface area is 118 Å². The van der Waals surface area contributed by atoms with Crippen molar-refractivity contribution in [1.29, 1.82) is 0 Å². The van der Waals surface area contributed by atoms with E-state index in [-0.39, 0.29) is 24.4 Å². The summed E-state index contributed by atoms with van der Waals surface area (Å²) in [5.74, 6) is 0. The molecule has 3 rings (SSSR count). The molecule has 5 heteroatoms. The summed E-state index contributed by atoms with van der Waals surface area (Å²) >= 11 is 0. The van der Waals surface area contributed by atoms with Crippen molar-refractivity contribution in [2.24, 2.45) is 0 Å². The van der Waals surface area contributed by atoms with E-state index in [1.54, 1.807) is 20.8 Å². The molecule has 2 fully saturated rings. The van der Waals surface area contributed by atoms with E-state index in [2.05, 4.69) is 0 Å². The van der Waals surface area contributed by atoms with Gasteiger partial charge in [0, 0.05) is 19.8 Å². The zero-order chi connectivity index (χ0) is 13.9. The highest BCUT2D eigenvalue weighted by molar-refractivity contribution is 5.16. The Morgan fingerprint density at radius 1 is 1.15 bits per heavy atom. The first-order valence-electron chi connectivity index (χ1n) is 6.70. The molecule has 108 valence electrons. The molecule has 0 aromatic heterocycles. The molecule has 2 aliphatic heterocycles. The molecule has 0 N–H and O–H groups in total. The van der Waals surface area contributed by atoms with Crippen LogP contribution >= 0.6 is 0 Å². The Balaban J connectivity index is 1.76. The van der Waals surface area contributed by atoms with Crippen molar-refractivity contribution in [3.8, 4) is 0 Å². The summed E-state index contributed by atoms with van der Waals surface area (Å²) < 4.78 is 28.3. The molecule has 20 heavy (non-hydrogen) atoms. The van der Waals surface area contributed by atoms with Crippen LogP contribution in [0.4, 0.5) is 0 Å². The summed E-state index contributed by atoms with van der Waals surface area (Å²) in [6, 6.07) is 9.86. The fraction of sp³-hybridized carbons (Fsp3) is 0.533. The Kier molecular flexibility index (Phi) is 4.24. The van der Waals surface area contributed by atoms with Crippen molar-refractivity contribution in [3.05, 3.63) is 42.5 Å². The van der Waals surface area contributed by atoms with Crippen LogP contribution in [0.1, 0.15) is 11.9 Å². The van der Waals surface area contributed by atoms with E-state index < -0.39 is 6.29 Å². The monoisotopic (exact) mass is 279 g/mol. The van der Waals surface area contributed by atoms with Gasteiger partial charge in [0.2, 0.25) is 0 Å². The topological polar surface area (TPSA) is 46.2 Å². The number of benzene rings is 1. The van der Waals surface area contributed by atoms with Gasteiger partial charge < -0.3 is 18.9 Å². The lowest BCUT2D eigenvalue weighted by atomic mass is 9.98. The lowest BCUT2D eigenvalue weighted by Gasteiger charge is -2.40. The van der Waals surface area contributed by atoms with Crippen molar-refractivity contribution in [1.82, 2.24) is 0 Å². The van der Waals surface area contributed by atoms with Gasteiger partial charge in [0.25, 0.3) is 12.7 Å². The molecule has 0 bridgehead atoms. The van der Waals surface area contributed by atoms with Crippen LogP contribution in [0.15, 0.2) is 30.3 Å². The maximum Gasteiger partial charge on any atom is 0.261 e. The molecular formula is C15H19O5+. The van der Waals surface area contributed by atoms with Gasteiger partial charge in [-0.3, -0.25) is 0 Å². The largest absolute Gasteiger partial charge is 0.371 e. The third kappa shape index (κ3) is 2.55. The lowest BCUT2D eigenvalue weighted by molar-refractivity contribution is -0.308. The van der Waals surface area contributed by atoms with Crippen LogP contribution < -0.4 is 0 Å². The number of fused-ring (bicyclic) bond motifs is 1. The van der Waals surface area contributed by atoms with Crippen LogP contribution in [0, 0.1) is 6.61 Å². The SMILES string of the molecule is CO[C@H]1[C@@H]2OC(c3ccccc3)OC[C@H]2O[CH+][C@H]1OC. The van der Waals surface area contributed by atoms with E-state index in [1.165, 1.54) is 0 Å². The smallest absolute Gasteiger partial charge is 0.261 e. The van der Waals surface area contributed by atoms with Gasteiger partial charge in [0.15, 0.2) is 18.5 Å². The zero-order valence-electron chi connectivity index (χ0n) is 11.6. The fourth-order valence-electron chi connectivity index (χ4n) is 2.64. The van der Waals surface area contributed by atoms with Gasteiger partial charge in [-0.05, 0) is 0 Å². The fourth-order valence-corrected chi connectivity index (χ4v) is 2.64. The number of hydrogen-bond donors (Lipinski definition) is 0. The minimum Gasteiger partial charge on any atom is -0.371 e. The number of methoxy groups -OCH3 is 2. The minimum atomic E-state index is -0.394. The van der Waals surface area contributed by atoms with E-state index >= 15 is 0 Å². The third-order valence-electron chi connectivity index (χ3n) is 3.71. The summed E-state index contributed by atoms with van der Waals surface area (Å²) in [6.45, 7) is 2.13. The van der Waals surface area contributed by atoms with Crippen molar-refractivity contribution in [3.63, 3.8) is 0 Å². The summed E-state index contributed by atoms with van der Waals surface area (Å²) in [4.78, 5) is 0. The molecule has 2 aliphatic rings. The van der Waals surface area contributed by atoms with Crippen LogP contribution in [-0.4, -0.2) is 45.2 Å². The highest BCUT2D eigenvalue weighted by Crippen LogP contribution is 2.34. The predicted octanol–water partition coefficient (Wildman–Crippen LogP) is 1.69. The van der Waals surface area contributed by atoms with Gasteiger partial charge in [-0.15, -0.1) is 0 Å². The van der Waals surface area contributed by atoms with E-state index in [1.807, 2.05) is 30.3 Å². The van der Waals surface area contributed by atoms with Gasteiger partial charge in [-0.1, -0.05) is 30.3 Å². The van der Waals surface area contributed by atoms with E-state index in [0.717, 1.165) is 5.56 Å². The second-order valence-corrected chi connectivity index (χ2v) is 4.89. The van der Waals surface area contributed by atoms with Gasteiger partial charge in [0.1, 0.15) is 6.10 Å². The second kappa shape index (κ2) is 6.11. The average Bonchev–Trinajstić information content (AvgIpc) is 2.54. The summed E-state index contributed by atoms with van der Waals surface area (Å²) in [5.41, 5.74) is 0.990. The van der Waals surface area contributed by atoms with Crippen LogP contribution in [0.5, 0.6) is 0 Å². The number of ether oxygens (including phenoxy) is 5. The van der Waals surface area contributed by atoms with Crippen molar-refractivity contribution >= 4 is 0 Å². The van der Waals surface area contributed by atoms with E-state index in [0.29, 0.717) is 6.61 Å². The molecule has 0 saturated carbocycles. The zero-order valence-corrected chi connectivity index (χ0v) is 11.6. The quantitative estimate of drug-likeness (QED) is 0.788. The van der Waals surface area contributed by atoms with Crippen LogP contribution in [0.25, 0.3) is 0 Å².